The van der Waals surface area contributed by atoms with Crippen LogP contribution in [0.15, 0.2) is 42.6 Å². The van der Waals surface area contributed by atoms with Gasteiger partial charge in [-0.05, 0) is 36.6 Å². The van der Waals surface area contributed by atoms with E-state index in [0.717, 1.165) is 25.3 Å². The average molecular weight is 340 g/mol. The topological polar surface area (TPSA) is 79.6 Å². The molecule has 3 rings (SSSR count). The van der Waals surface area contributed by atoms with Gasteiger partial charge < -0.3 is 9.80 Å². The smallest absolute Gasteiger partial charge is 0.269 e. The lowest BCUT2D eigenvalue weighted by molar-refractivity contribution is -0.384. The fourth-order valence-corrected chi connectivity index (χ4v) is 2.98. The molecule has 2 heterocycles. The Morgan fingerprint density at radius 2 is 2.04 bits per heavy atom. The fourth-order valence-electron chi connectivity index (χ4n) is 2.98. The van der Waals surface area contributed by atoms with Crippen molar-refractivity contribution in [1.29, 1.82) is 0 Å². The molecule has 0 N–H and O–H groups in total. The SMILES string of the molecule is CC1CCN(c2cc(C(=O)N(C)c3ccc([N+](=O)[O-])cc3)ccn2)C1. The molecular weight excluding hydrogens is 320 g/mol. The molecule has 0 radical (unpaired) electrons. The van der Waals surface area contributed by atoms with Gasteiger partial charge in [0.05, 0.1) is 4.92 Å². The van der Waals surface area contributed by atoms with Crippen molar-refractivity contribution >= 4 is 23.1 Å². The van der Waals surface area contributed by atoms with Crippen LogP contribution in [0.1, 0.15) is 23.7 Å². The van der Waals surface area contributed by atoms with Crippen LogP contribution in [-0.4, -0.2) is 36.0 Å². The highest BCUT2D eigenvalue weighted by atomic mass is 16.6. The molecule has 1 aliphatic heterocycles. The quantitative estimate of drug-likeness (QED) is 0.631. The number of amides is 1. The molecule has 0 aliphatic carbocycles. The van der Waals surface area contributed by atoms with Crippen molar-refractivity contribution in [2.45, 2.75) is 13.3 Å². The molecule has 0 spiro atoms. The third kappa shape index (κ3) is 3.60. The highest BCUT2D eigenvalue weighted by Crippen LogP contribution is 2.24. The van der Waals surface area contributed by atoms with Crippen LogP contribution in [-0.2, 0) is 0 Å². The van der Waals surface area contributed by atoms with E-state index in [-0.39, 0.29) is 11.6 Å². The van der Waals surface area contributed by atoms with Crippen molar-refractivity contribution in [3.8, 4) is 0 Å². The van der Waals surface area contributed by atoms with Gasteiger partial charge in [0.1, 0.15) is 5.82 Å². The summed E-state index contributed by atoms with van der Waals surface area (Å²) in [6.07, 6.45) is 2.78. The van der Waals surface area contributed by atoms with E-state index >= 15 is 0 Å². The molecule has 1 amide bonds. The zero-order valence-electron chi connectivity index (χ0n) is 14.3. The largest absolute Gasteiger partial charge is 0.356 e. The van der Waals surface area contributed by atoms with Gasteiger partial charge in [0.2, 0.25) is 0 Å². The maximum atomic E-state index is 12.7. The van der Waals surface area contributed by atoms with Gasteiger partial charge in [-0.15, -0.1) is 0 Å². The summed E-state index contributed by atoms with van der Waals surface area (Å²) in [6.45, 7) is 4.10. The zero-order valence-corrected chi connectivity index (χ0v) is 14.3. The summed E-state index contributed by atoms with van der Waals surface area (Å²) in [4.78, 5) is 31.1. The number of non-ortho nitro benzene ring substituents is 1. The monoisotopic (exact) mass is 340 g/mol. The Balaban J connectivity index is 1.79. The molecule has 2 aromatic rings. The first-order chi connectivity index (χ1) is 12.0. The molecule has 1 aromatic carbocycles. The third-order valence-corrected chi connectivity index (χ3v) is 4.49. The molecule has 1 aliphatic rings. The summed E-state index contributed by atoms with van der Waals surface area (Å²) in [5.41, 5.74) is 1.15. The molecule has 1 fully saturated rings. The molecule has 1 aromatic heterocycles. The fraction of sp³-hybridized carbons (Fsp3) is 0.333. The molecule has 25 heavy (non-hydrogen) atoms. The summed E-state index contributed by atoms with van der Waals surface area (Å²) in [5, 5.41) is 10.7. The van der Waals surface area contributed by atoms with Crippen LogP contribution in [0.5, 0.6) is 0 Å². The summed E-state index contributed by atoms with van der Waals surface area (Å²) in [7, 11) is 1.65. The lowest BCUT2D eigenvalue weighted by Gasteiger charge is -2.20. The molecule has 0 saturated carbocycles. The lowest BCUT2D eigenvalue weighted by atomic mass is 10.2. The maximum absolute atomic E-state index is 12.7. The molecule has 7 heteroatoms. The van der Waals surface area contributed by atoms with E-state index in [9.17, 15) is 14.9 Å². The number of aromatic nitrogens is 1. The van der Waals surface area contributed by atoms with Crippen LogP contribution < -0.4 is 9.80 Å². The predicted molar refractivity (Wildman–Crippen MR) is 96.1 cm³/mol. The Morgan fingerprint density at radius 1 is 1.32 bits per heavy atom. The van der Waals surface area contributed by atoms with E-state index in [2.05, 4.69) is 16.8 Å². The number of pyridine rings is 1. The van der Waals surface area contributed by atoms with Gasteiger partial charge in [0.25, 0.3) is 11.6 Å². The van der Waals surface area contributed by atoms with E-state index in [1.54, 1.807) is 31.4 Å². The molecule has 1 saturated heterocycles. The Morgan fingerprint density at radius 3 is 2.64 bits per heavy atom. The van der Waals surface area contributed by atoms with Crippen LogP contribution >= 0.6 is 0 Å². The van der Waals surface area contributed by atoms with Crippen LogP contribution in [0.4, 0.5) is 17.2 Å². The summed E-state index contributed by atoms with van der Waals surface area (Å²) < 4.78 is 0. The number of nitro benzene ring substituents is 1. The molecule has 7 nitrogen and oxygen atoms in total. The van der Waals surface area contributed by atoms with Crippen molar-refractivity contribution in [1.82, 2.24) is 4.98 Å². The summed E-state index contributed by atoms with van der Waals surface area (Å²) in [5.74, 6) is 1.26. The summed E-state index contributed by atoms with van der Waals surface area (Å²) >= 11 is 0. The Bertz CT molecular complexity index is 791. The van der Waals surface area contributed by atoms with Crippen LogP contribution in [0, 0.1) is 16.0 Å². The number of rotatable bonds is 4. The van der Waals surface area contributed by atoms with Crippen LogP contribution in [0.3, 0.4) is 0 Å². The number of hydrogen-bond donors (Lipinski definition) is 0. The number of benzene rings is 1. The van der Waals surface area contributed by atoms with Crippen molar-refractivity contribution in [2.24, 2.45) is 5.92 Å². The lowest BCUT2D eigenvalue weighted by Crippen LogP contribution is -2.27. The second kappa shape index (κ2) is 6.88. The minimum atomic E-state index is -0.461. The Kier molecular flexibility index (Phi) is 4.65. The molecular formula is C18H20N4O3. The second-order valence-electron chi connectivity index (χ2n) is 6.38. The van der Waals surface area contributed by atoms with Gasteiger partial charge >= 0.3 is 0 Å². The highest BCUT2D eigenvalue weighted by Gasteiger charge is 2.21. The standard InChI is InChI=1S/C18H20N4O3/c1-13-8-10-21(12-13)17-11-14(7-9-19-17)18(23)20(2)15-3-5-16(6-4-15)22(24)25/h3-7,9,11,13H,8,10,12H2,1-2H3. The van der Waals surface area contributed by atoms with Gasteiger partial charge in [-0.1, -0.05) is 6.92 Å². The number of hydrogen-bond acceptors (Lipinski definition) is 5. The number of anilines is 2. The predicted octanol–water partition coefficient (Wildman–Crippen LogP) is 3.11. The average Bonchev–Trinajstić information content (AvgIpc) is 3.07. The molecule has 1 unspecified atom stereocenters. The van der Waals surface area contributed by atoms with Gasteiger partial charge in [0, 0.05) is 49.7 Å². The minimum Gasteiger partial charge on any atom is -0.356 e. The number of carbonyl (C=O) groups excluding carboxylic acids is 1. The Hall–Kier alpha value is -2.96. The van der Waals surface area contributed by atoms with Gasteiger partial charge in [-0.25, -0.2) is 4.98 Å². The molecule has 1 atom stereocenters. The van der Waals surface area contributed by atoms with Crippen LogP contribution in [0.2, 0.25) is 0 Å². The van der Waals surface area contributed by atoms with E-state index in [4.69, 9.17) is 0 Å². The molecule has 130 valence electrons. The van der Waals surface area contributed by atoms with Crippen molar-refractivity contribution in [3.05, 3.63) is 58.3 Å². The highest BCUT2D eigenvalue weighted by molar-refractivity contribution is 6.06. The zero-order chi connectivity index (χ0) is 18.0. The Labute approximate surface area is 146 Å². The van der Waals surface area contributed by atoms with Crippen molar-refractivity contribution in [2.75, 3.05) is 29.9 Å². The number of carbonyl (C=O) groups is 1. The minimum absolute atomic E-state index is 0.000973. The van der Waals surface area contributed by atoms with Crippen molar-refractivity contribution < 1.29 is 9.72 Å². The molecule has 0 bridgehead atoms. The first-order valence-corrected chi connectivity index (χ1v) is 8.19. The van der Waals surface area contributed by atoms with Gasteiger partial charge in [-0.2, -0.15) is 0 Å². The number of nitrogens with zero attached hydrogens (tertiary/aromatic N) is 4. The maximum Gasteiger partial charge on any atom is 0.269 e. The first-order valence-electron chi connectivity index (χ1n) is 8.19. The summed E-state index contributed by atoms with van der Waals surface area (Å²) in [6, 6.07) is 9.42. The van der Waals surface area contributed by atoms with Gasteiger partial charge in [0.15, 0.2) is 0 Å². The van der Waals surface area contributed by atoms with Crippen molar-refractivity contribution in [3.63, 3.8) is 0 Å². The van der Waals surface area contributed by atoms with Gasteiger partial charge in [-0.3, -0.25) is 14.9 Å². The number of nitro groups is 1. The normalized spacial score (nSPS) is 16.7. The van der Waals surface area contributed by atoms with E-state index in [0.29, 0.717) is 17.2 Å². The van der Waals surface area contributed by atoms with E-state index in [1.807, 2.05) is 6.07 Å². The van der Waals surface area contributed by atoms with E-state index < -0.39 is 4.92 Å². The van der Waals surface area contributed by atoms with E-state index in [1.165, 1.54) is 17.0 Å². The first kappa shape index (κ1) is 16.9. The van der Waals surface area contributed by atoms with Crippen LogP contribution in [0.25, 0.3) is 0 Å². The second-order valence-corrected chi connectivity index (χ2v) is 6.38. The third-order valence-electron chi connectivity index (χ3n) is 4.49.